The number of hydrogen-bond donors (Lipinski definition) is 0. The Bertz CT molecular complexity index is 788. The number of fused-ring (bicyclic) bond motifs is 2. The van der Waals surface area contributed by atoms with Crippen LogP contribution in [0.15, 0.2) is 48.5 Å². The lowest BCUT2D eigenvalue weighted by atomic mass is 9.97. The average molecular weight is 430 g/mol. The summed E-state index contributed by atoms with van der Waals surface area (Å²) in [5.41, 5.74) is -0.642. The van der Waals surface area contributed by atoms with Gasteiger partial charge in [-0.3, -0.25) is 4.79 Å². The minimum Gasteiger partial charge on any atom is -0.487 e. The molecular formula is C24H30O7. The molecule has 0 amide bonds. The van der Waals surface area contributed by atoms with Crippen LogP contribution in [-0.2, 0) is 14.3 Å². The van der Waals surface area contributed by atoms with Crippen LogP contribution in [0.1, 0.15) is 20.8 Å². The maximum absolute atomic E-state index is 12.5. The van der Waals surface area contributed by atoms with Gasteiger partial charge in [0.2, 0.25) is 0 Å². The second-order valence-electron chi connectivity index (χ2n) is 8.10. The number of para-hydroxylation sites is 4. The zero-order valence-electron chi connectivity index (χ0n) is 18.3. The normalized spacial score (nSPS) is 16.4. The van der Waals surface area contributed by atoms with Crippen molar-refractivity contribution >= 4 is 5.97 Å². The van der Waals surface area contributed by atoms with Gasteiger partial charge in [0, 0.05) is 0 Å². The molecule has 0 saturated carbocycles. The van der Waals surface area contributed by atoms with E-state index in [9.17, 15) is 4.79 Å². The van der Waals surface area contributed by atoms with Crippen LogP contribution >= 0.6 is 0 Å². The van der Waals surface area contributed by atoms with E-state index in [4.69, 9.17) is 28.4 Å². The summed E-state index contributed by atoms with van der Waals surface area (Å²) in [7, 11) is 0. The molecule has 0 radical (unpaired) electrons. The van der Waals surface area contributed by atoms with Gasteiger partial charge in [-0.2, -0.15) is 0 Å². The van der Waals surface area contributed by atoms with Crippen LogP contribution < -0.4 is 18.9 Å². The van der Waals surface area contributed by atoms with E-state index in [0.29, 0.717) is 49.4 Å². The van der Waals surface area contributed by atoms with Crippen molar-refractivity contribution in [3.63, 3.8) is 0 Å². The number of esters is 1. The van der Waals surface area contributed by atoms with Gasteiger partial charge in [-0.1, -0.05) is 24.3 Å². The first-order valence-corrected chi connectivity index (χ1v) is 10.4. The van der Waals surface area contributed by atoms with E-state index in [2.05, 4.69) is 0 Å². The lowest BCUT2D eigenvalue weighted by Crippen LogP contribution is -2.35. The summed E-state index contributed by atoms with van der Waals surface area (Å²) in [4.78, 5) is 12.5. The van der Waals surface area contributed by atoms with Crippen LogP contribution in [0.5, 0.6) is 23.0 Å². The van der Waals surface area contributed by atoms with Gasteiger partial charge in [-0.25, -0.2) is 0 Å². The Balaban J connectivity index is 1.79. The molecule has 0 saturated heterocycles. The first-order valence-electron chi connectivity index (χ1n) is 10.4. The second kappa shape index (κ2) is 10.9. The molecule has 0 N–H and O–H groups in total. The molecule has 2 aromatic rings. The molecule has 2 aromatic carbocycles. The molecule has 7 heteroatoms. The fraction of sp³-hybridized carbons (Fsp3) is 0.458. The highest BCUT2D eigenvalue weighted by atomic mass is 16.6. The summed E-state index contributed by atoms with van der Waals surface area (Å²) in [5, 5.41) is 0. The largest absolute Gasteiger partial charge is 0.487 e. The van der Waals surface area contributed by atoms with Crippen molar-refractivity contribution < 1.29 is 33.2 Å². The lowest BCUT2D eigenvalue weighted by molar-refractivity contribution is -0.161. The van der Waals surface area contributed by atoms with E-state index in [-0.39, 0.29) is 19.2 Å². The molecule has 0 spiro atoms. The number of benzene rings is 2. The zero-order chi connectivity index (χ0) is 22.1. The van der Waals surface area contributed by atoms with Crippen molar-refractivity contribution in [2.45, 2.75) is 26.9 Å². The van der Waals surface area contributed by atoms with Crippen LogP contribution in [0, 0.1) is 5.41 Å². The molecule has 0 unspecified atom stereocenters. The third-order valence-electron chi connectivity index (χ3n) is 4.40. The summed E-state index contributed by atoms with van der Waals surface area (Å²) >= 11 is 0. The van der Waals surface area contributed by atoms with Crippen LogP contribution in [0.3, 0.4) is 0 Å². The molecule has 7 nitrogen and oxygen atoms in total. The Morgan fingerprint density at radius 3 is 1.58 bits per heavy atom. The molecule has 1 heterocycles. The van der Waals surface area contributed by atoms with Gasteiger partial charge in [0.1, 0.15) is 26.4 Å². The summed E-state index contributed by atoms with van der Waals surface area (Å²) in [6.07, 6.45) is -0.621. The van der Waals surface area contributed by atoms with Crippen LogP contribution in [-0.4, -0.2) is 51.7 Å². The van der Waals surface area contributed by atoms with E-state index in [1.807, 2.05) is 48.5 Å². The highest BCUT2D eigenvalue weighted by Gasteiger charge is 2.27. The molecule has 31 heavy (non-hydrogen) atoms. The Hall–Kier alpha value is -2.93. The SMILES string of the molecule is CC(C)(C)C(=O)OC1COc2ccccc2OCCOCCOc2ccccc2OC1. The molecular weight excluding hydrogens is 400 g/mol. The fourth-order valence-electron chi connectivity index (χ4n) is 2.71. The summed E-state index contributed by atoms with van der Waals surface area (Å²) in [6.45, 7) is 7.24. The zero-order valence-corrected chi connectivity index (χ0v) is 18.3. The predicted octanol–water partition coefficient (Wildman–Crippen LogP) is 3.89. The summed E-state index contributed by atoms with van der Waals surface area (Å²) in [5.74, 6) is 2.00. The van der Waals surface area contributed by atoms with Crippen LogP contribution in [0.4, 0.5) is 0 Å². The van der Waals surface area contributed by atoms with E-state index < -0.39 is 11.5 Å². The van der Waals surface area contributed by atoms with Crippen molar-refractivity contribution in [3.8, 4) is 23.0 Å². The highest BCUT2D eigenvalue weighted by Crippen LogP contribution is 2.29. The molecule has 0 atom stereocenters. The predicted molar refractivity (Wildman–Crippen MR) is 115 cm³/mol. The second-order valence-corrected chi connectivity index (χ2v) is 8.10. The summed E-state index contributed by atoms with van der Waals surface area (Å²) < 4.78 is 34.7. The van der Waals surface area contributed by atoms with Gasteiger partial charge < -0.3 is 28.4 Å². The van der Waals surface area contributed by atoms with Crippen molar-refractivity contribution in [2.24, 2.45) is 5.41 Å². The molecule has 3 rings (SSSR count). The number of hydrogen-bond acceptors (Lipinski definition) is 7. The van der Waals surface area contributed by atoms with Crippen molar-refractivity contribution in [1.29, 1.82) is 0 Å². The quantitative estimate of drug-likeness (QED) is 0.636. The minimum atomic E-state index is -0.642. The first kappa shape index (κ1) is 22.7. The Morgan fingerprint density at radius 2 is 1.16 bits per heavy atom. The molecule has 0 aliphatic carbocycles. The average Bonchev–Trinajstić information content (AvgIpc) is 2.75. The van der Waals surface area contributed by atoms with Gasteiger partial charge in [0.25, 0.3) is 0 Å². The highest BCUT2D eigenvalue weighted by molar-refractivity contribution is 5.75. The van der Waals surface area contributed by atoms with Gasteiger partial charge in [0.15, 0.2) is 29.1 Å². The van der Waals surface area contributed by atoms with Crippen LogP contribution in [0.2, 0.25) is 0 Å². The number of rotatable bonds is 1. The van der Waals surface area contributed by atoms with Crippen LogP contribution in [0.25, 0.3) is 0 Å². The number of carbonyl (C=O) groups excluding carboxylic acids is 1. The first-order chi connectivity index (χ1) is 14.9. The lowest BCUT2D eigenvalue weighted by Gasteiger charge is -2.24. The Labute approximate surface area is 183 Å². The van der Waals surface area contributed by atoms with Gasteiger partial charge in [0.05, 0.1) is 18.6 Å². The molecule has 0 aromatic heterocycles. The Kier molecular flexibility index (Phi) is 8.00. The van der Waals surface area contributed by atoms with E-state index in [1.54, 1.807) is 20.8 Å². The molecule has 1 aliphatic heterocycles. The maximum atomic E-state index is 12.5. The number of carbonyl (C=O) groups is 1. The van der Waals surface area contributed by atoms with Crippen molar-refractivity contribution in [3.05, 3.63) is 48.5 Å². The third kappa shape index (κ3) is 7.07. The van der Waals surface area contributed by atoms with E-state index in [1.165, 1.54) is 0 Å². The molecule has 0 bridgehead atoms. The molecule has 168 valence electrons. The van der Waals surface area contributed by atoms with Gasteiger partial charge in [-0.15, -0.1) is 0 Å². The molecule has 1 aliphatic rings. The van der Waals surface area contributed by atoms with E-state index in [0.717, 1.165) is 0 Å². The van der Waals surface area contributed by atoms with E-state index >= 15 is 0 Å². The van der Waals surface area contributed by atoms with Crippen molar-refractivity contribution in [2.75, 3.05) is 39.6 Å². The topological polar surface area (TPSA) is 72.5 Å². The third-order valence-corrected chi connectivity index (χ3v) is 4.40. The fourth-order valence-corrected chi connectivity index (χ4v) is 2.71. The van der Waals surface area contributed by atoms with Crippen molar-refractivity contribution in [1.82, 2.24) is 0 Å². The molecule has 0 fully saturated rings. The van der Waals surface area contributed by atoms with Gasteiger partial charge >= 0.3 is 5.97 Å². The Morgan fingerprint density at radius 1 is 0.742 bits per heavy atom. The standard InChI is InChI=1S/C24H30O7/c1-24(2,3)23(25)31-18-16-29-21-10-6-4-8-19(21)27-14-12-26-13-15-28-20-9-5-7-11-22(20)30-17-18/h4-11,18H,12-17H2,1-3H3. The van der Waals surface area contributed by atoms with Gasteiger partial charge in [-0.05, 0) is 45.0 Å². The minimum absolute atomic E-state index is 0.113. The monoisotopic (exact) mass is 430 g/mol. The maximum Gasteiger partial charge on any atom is 0.311 e. The smallest absolute Gasteiger partial charge is 0.311 e. The summed E-state index contributed by atoms with van der Waals surface area (Å²) in [6, 6.07) is 14.7. The number of ether oxygens (including phenoxy) is 6.